The minimum atomic E-state index is -1.11. The third-order valence-electron chi connectivity index (χ3n) is 7.45. The molecule has 2 saturated heterocycles. The third kappa shape index (κ3) is 5.09. The van der Waals surface area contributed by atoms with Gasteiger partial charge in [-0.15, -0.1) is 0 Å². The molecular weight excluding hydrogens is 468 g/mol. The normalized spacial score (nSPS) is 23.2. The van der Waals surface area contributed by atoms with Gasteiger partial charge < -0.3 is 19.8 Å². The number of benzene rings is 2. The summed E-state index contributed by atoms with van der Waals surface area (Å²) >= 11 is 0. The zero-order chi connectivity index (χ0) is 25.8. The lowest BCUT2D eigenvalue weighted by Crippen LogP contribution is -2.63. The first-order valence-electron chi connectivity index (χ1n) is 12.9. The second-order valence-corrected chi connectivity index (χ2v) is 9.68. The number of hydrogen-bond donors (Lipinski definition) is 1. The Bertz CT molecular complexity index is 1140. The number of piperazine rings is 1. The van der Waals surface area contributed by atoms with Crippen LogP contribution >= 0.6 is 0 Å². The average Bonchev–Trinajstić information content (AvgIpc) is 3.44. The number of aliphatic carboxylic acids is 1. The predicted molar refractivity (Wildman–Crippen MR) is 142 cm³/mol. The van der Waals surface area contributed by atoms with E-state index in [1.165, 1.54) is 4.90 Å². The summed E-state index contributed by atoms with van der Waals surface area (Å²) in [5.41, 5.74) is 1.39. The van der Waals surface area contributed by atoms with Crippen LogP contribution in [0.15, 0.2) is 85.0 Å². The van der Waals surface area contributed by atoms with Crippen LogP contribution in [-0.4, -0.2) is 76.1 Å². The summed E-state index contributed by atoms with van der Waals surface area (Å²) in [5.74, 6) is -0.860. The molecule has 0 spiro atoms. The number of anilines is 2. The topological polar surface area (TPSA) is 84.4 Å². The van der Waals surface area contributed by atoms with Crippen molar-refractivity contribution in [3.63, 3.8) is 0 Å². The maximum Gasteiger partial charge on any atom is 0.329 e. The molecule has 8 heteroatoms. The standard InChI is InChI=1S/C29H32N4O4/c34-27(35)26-21-30(28(36)33(23-13-6-2-7-14-23)24-15-8-3-9-16-24)19-20-32(26)29(37)31-18-10-17-25(31)22-11-4-1-5-12-22/h1-9,11,13-16,22,25-26H,10,12,17-21H2,(H,34,35)/t22?,25-,26-/m0/s1. The SMILES string of the molecule is O=C(O)[C@@H]1CN(C(=O)N(c2ccccc2)c2ccccc2)CCN1C(=O)N1CCC[C@H]1C1C=CC=CC1. The number of carboxylic acids is 1. The molecule has 3 aliphatic rings. The fourth-order valence-corrected chi connectivity index (χ4v) is 5.59. The van der Waals surface area contributed by atoms with Crippen LogP contribution in [0, 0.1) is 5.92 Å². The first-order chi connectivity index (χ1) is 18.0. The molecule has 3 atom stereocenters. The van der Waals surface area contributed by atoms with Gasteiger partial charge in [0.15, 0.2) is 0 Å². The van der Waals surface area contributed by atoms with E-state index in [4.69, 9.17) is 0 Å². The van der Waals surface area contributed by atoms with E-state index in [0.29, 0.717) is 17.9 Å². The Morgan fingerprint density at radius 3 is 2.11 bits per heavy atom. The van der Waals surface area contributed by atoms with E-state index in [0.717, 1.165) is 19.3 Å². The molecule has 0 saturated carbocycles. The van der Waals surface area contributed by atoms with Crippen molar-refractivity contribution < 1.29 is 19.5 Å². The highest BCUT2D eigenvalue weighted by Crippen LogP contribution is 2.32. The van der Waals surface area contributed by atoms with Crippen molar-refractivity contribution >= 4 is 29.4 Å². The molecule has 2 fully saturated rings. The van der Waals surface area contributed by atoms with Crippen molar-refractivity contribution in [2.45, 2.75) is 31.3 Å². The monoisotopic (exact) mass is 500 g/mol. The van der Waals surface area contributed by atoms with Gasteiger partial charge in [-0.3, -0.25) is 4.90 Å². The number of para-hydroxylation sites is 2. The highest BCUT2D eigenvalue weighted by molar-refractivity contribution is 6.00. The molecular formula is C29H32N4O4. The molecule has 0 radical (unpaired) electrons. The summed E-state index contributed by atoms with van der Waals surface area (Å²) in [6.07, 6.45) is 11.0. The van der Waals surface area contributed by atoms with Crippen LogP contribution in [0.4, 0.5) is 21.0 Å². The fraction of sp³-hybridized carbons (Fsp3) is 0.345. The van der Waals surface area contributed by atoms with Crippen LogP contribution in [0.25, 0.3) is 0 Å². The quantitative estimate of drug-likeness (QED) is 0.658. The maximum absolute atomic E-state index is 13.8. The Balaban J connectivity index is 1.35. The molecule has 0 bridgehead atoms. The maximum atomic E-state index is 13.8. The second kappa shape index (κ2) is 10.9. The van der Waals surface area contributed by atoms with Gasteiger partial charge in [0, 0.05) is 31.6 Å². The fourth-order valence-electron chi connectivity index (χ4n) is 5.59. The molecule has 0 aromatic heterocycles. The summed E-state index contributed by atoms with van der Waals surface area (Å²) in [7, 11) is 0. The molecule has 8 nitrogen and oxygen atoms in total. The lowest BCUT2D eigenvalue weighted by Gasteiger charge is -2.43. The summed E-state index contributed by atoms with van der Waals surface area (Å²) < 4.78 is 0. The molecule has 2 heterocycles. The van der Waals surface area contributed by atoms with Gasteiger partial charge in [-0.05, 0) is 43.5 Å². The number of rotatable bonds is 4. The van der Waals surface area contributed by atoms with Crippen LogP contribution in [0.2, 0.25) is 0 Å². The second-order valence-electron chi connectivity index (χ2n) is 9.68. The molecule has 2 aliphatic heterocycles. The van der Waals surface area contributed by atoms with Gasteiger partial charge in [-0.1, -0.05) is 60.7 Å². The van der Waals surface area contributed by atoms with Crippen molar-refractivity contribution in [1.29, 1.82) is 0 Å². The number of urea groups is 2. The van der Waals surface area contributed by atoms with Crippen molar-refractivity contribution in [2.24, 2.45) is 5.92 Å². The molecule has 2 aromatic carbocycles. The van der Waals surface area contributed by atoms with Crippen LogP contribution in [0.3, 0.4) is 0 Å². The van der Waals surface area contributed by atoms with Gasteiger partial charge in [0.1, 0.15) is 6.04 Å². The molecule has 192 valence electrons. The minimum absolute atomic E-state index is 0.0643. The first-order valence-corrected chi connectivity index (χ1v) is 12.9. The van der Waals surface area contributed by atoms with E-state index in [-0.39, 0.29) is 43.7 Å². The Morgan fingerprint density at radius 2 is 1.51 bits per heavy atom. The molecule has 37 heavy (non-hydrogen) atoms. The summed E-state index contributed by atoms with van der Waals surface area (Å²) in [5, 5.41) is 10.1. The summed E-state index contributed by atoms with van der Waals surface area (Å²) in [4.78, 5) is 46.2. The summed E-state index contributed by atoms with van der Waals surface area (Å²) in [6.45, 7) is 0.983. The van der Waals surface area contributed by atoms with Crippen LogP contribution in [0.1, 0.15) is 19.3 Å². The van der Waals surface area contributed by atoms with E-state index < -0.39 is 12.0 Å². The number of carboxylic acid groups (broad SMARTS) is 1. The third-order valence-corrected chi connectivity index (χ3v) is 7.45. The number of nitrogens with zero attached hydrogens (tertiary/aromatic N) is 4. The number of allylic oxidation sites excluding steroid dienone is 3. The smallest absolute Gasteiger partial charge is 0.329 e. The Morgan fingerprint density at radius 1 is 0.838 bits per heavy atom. The molecule has 1 unspecified atom stereocenters. The highest BCUT2D eigenvalue weighted by atomic mass is 16.4. The van der Waals surface area contributed by atoms with Gasteiger partial charge in [-0.25, -0.2) is 14.4 Å². The number of carbonyl (C=O) groups excluding carboxylic acids is 2. The average molecular weight is 501 g/mol. The van der Waals surface area contributed by atoms with E-state index in [9.17, 15) is 19.5 Å². The van der Waals surface area contributed by atoms with E-state index >= 15 is 0 Å². The lowest BCUT2D eigenvalue weighted by molar-refractivity contribution is -0.144. The van der Waals surface area contributed by atoms with Crippen molar-refractivity contribution in [3.05, 3.63) is 85.0 Å². The zero-order valence-electron chi connectivity index (χ0n) is 20.7. The van der Waals surface area contributed by atoms with Crippen molar-refractivity contribution in [2.75, 3.05) is 31.1 Å². The molecule has 5 rings (SSSR count). The molecule has 4 amide bonds. The van der Waals surface area contributed by atoms with Gasteiger partial charge >= 0.3 is 18.0 Å². The summed E-state index contributed by atoms with van der Waals surface area (Å²) in [6, 6.07) is 17.0. The Kier molecular flexibility index (Phi) is 7.25. The Labute approximate surface area is 217 Å². The molecule has 1 N–H and O–H groups in total. The Hall–Kier alpha value is -4.07. The number of likely N-dealkylation sites (tertiary alicyclic amines) is 1. The molecule has 1 aliphatic carbocycles. The van der Waals surface area contributed by atoms with Crippen LogP contribution < -0.4 is 4.90 Å². The number of carbonyl (C=O) groups is 3. The van der Waals surface area contributed by atoms with Gasteiger partial charge in [0.2, 0.25) is 0 Å². The van der Waals surface area contributed by atoms with Crippen LogP contribution in [-0.2, 0) is 4.79 Å². The lowest BCUT2D eigenvalue weighted by atomic mass is 9.91. The van der Waals surface area contributed by atoms with Crippen molar-refractivity contribution in [3.8, 4) is 0 Å². The minimum Gasteiger partial charge on any atom is -0.480 e. The number of amides is 4. The van der Waals surface area contributed by atoms with E-state index in [1.807, 2.05) is 77.7 Å². The predicted octanol–water partition coefficient (Wildman–Crippen LogP) is 4.73. The molecule has 2 aromatic rings. The number of hydrogen-bond acceptors (Lipinski definition) is 3. The van der Waals surface area contributed by atoms with Crippen molar-refractivity contribution in [1.82, 2.24) is 14.7 Å². The van der Waals surface area contributed by atoms with Crippen LogP contribution in [0.5, 0.6) is 0 Å². The van der Waals surface area contributed by atoms with E-state index in [2.05, 4.69) is 12.2 Å². The zero-order valence-corrected chi connectivity index (χ0v) is 20.7. The van der Waals surface area contributed by atoms with Gasteiger partial charge in [0.05, 0.1) is 17.9 Å². The highest BCUT2D eigenvalue weighted by Gasteiger charge is 2.43. The van der Waals surface area contributed by atoms with E-state index in [1.54, 1.807) is 9.80 Å². The largest absolute Gasteiger partial charge is 0.480 e. The van der Waals surface area contributed by atoms with Gasteiger partial charge in [-0.2, -0.15) is 0 Å². The van der Waals surface area contributed by atoms with Gasteiger partial charge in [0.25, 0.3) is 0 Å². The first kappa shape index (κ1) is 24.6.